The highest BCUT2D eigenvalue weighted by Crippen LogP contribution is 2.26. The van der Waals surface area contributed by atoms with Gasteiger partial charge in [-0.05, 0) is 60.9 Å². The van der Waals surface area contributed by atoms with Gasteiger partial charge >= 0.3 is 12.1 Å². The van der Waals surface area contributed by atoms with Crippen molar-refractivity contribution in [2.24, 2.45) is 5.92 Å². The largest absolute Gasteiger partial charge is 0.465 e. The molecule has 2 aromatic carbocycles. The number of ether oxygens (including phenoxy) is 2. The zero-order valence-corrected chi connectivity index (χ0v) is 35.9. The summed E-state index contributed by atoms with van der Waals surface area (Å²) < 4.78 is 11.2. The van der Waals surface area contributed by atoms with E-state index in [2.05, 4.69) is 31.4 Å². The molecular weight excluding hydrogens is 737 g/mol. The molecule has 1 saturated carbocycles. The number of likely N-dealkylation sites (tertiary alicyclic amines) is 1. The van der Waals surface area contributed by atoms with Gasteiger partial charge in [0, 0.05) is 37.8 Å². The van der Waals surface area contributed by atoms with Crippen molar-refractivity contribution in [3.8, 4) is 5.75 Å². The van der Waals surface area contributed by atoms with Crippen LogP contribution in [0.1, 0.15) is 129 Å². The van der Waals surface area contributed by atoms with Gasteiger partial charge in [0.15, 0.2) is 0 Å². The summed E-state index contributed by atoms with van der Waals surface area (Å²) in [6.45, 7) is 12.0. The average Bonchev–Trinajstić information content (AvgIpc) is 3.42. The number of amides is 4. The van der Waals surface area contributed by atoms with Crippen LogP contribution in [-0.2, 0) is 22.4 Å². The summed E-state index contributed by atoms with van der Waals surface area (Å²) in [6, 6.07) is 13.6. The lowest BCUT2D eigenvalue weighted by molar-refractivity contribution is -0.229. The molecule has 4 aliphatic rings. The Balaban J connectivity index is 0.000000472. The molecule has 2 saturated heterocycles. The normalized spacial score (nSPS) is 22.8. The van der Waals surface area contributed by atoms with Gasteiger partial charge < -0.3 is 50.0 Å². The fourth-order valence-electron chi connectivity index (χ4n) is 7.74. The maximum Gasteiger partial charge on any atom is 0.322 e. The Hall–Kier alpha value is -3.71. The van der Waals surface area contributed by atoms with Crippen LogP contribution in [0.3, 0.4) is 0 Å². The molecule has 3 aliphatic heterocycles. The molecule has 1 aliphatic carbocycles. The molecule has 6 rings (SSSR count). The zero-order chi connectivity index (χ0) is 42.3. The second-order valence-electron chi connectivity index (χ2n) is 15.8. The minimum Gasteiger partial charge on any atom is -0.465 e. The smallest absolute Gasteiger partial charge is 0.322 e. The highest BCUT2D eigenvalue weighted by molar-refractivity contribution is 5.91. The first kappa shape index (κ1) is 48.7. The Morgan fingerprint density at radius 3 is 2.19 bits per heavy atom. The van der Waals surface area contributed by atoms with Crippen molar-refractivity contribution in [1.82, 2.24) is 15.1 Å². The number of hydrogen-bond donors (Lipinski definition) is 5. The molecule has 12 nitrogen and oxygen atoms in total. The Kier molecular flexibility index (Phi) is 22.8. The van der Waals surface area contributed by atoms with E-state index in [9.17, 15) is 29.7 Å². The first-order chi connectivity index (χ1) is 28.1. The van der Waals surface area contributed by atoms with E-state index in [1.54, 1.807) is 29.2 Å². The Morgan fingerprint density at radius 2 is 1.60 bits per heavy atom. The first-order valence-corrected chi connectivity index (χ1v) is 22.2. The molecule has 0 radical (unpaired) electrons. The topological polar surface area (TPSA) is 161 Å². The lowest BCUT2D eigenvalue weighted by Gasteiger charge is -2.38. The van der Waals surface area contributed by atoms with Gasteiger partial charge in [-0.15, -0.1) is 0 Å². The summed E-state index contributed by atoms with van der Waals surface area (Å²) in [6.07, 6.45) is 13.6. The third-order valence-electron chi connectivity index (χ3n) is 11.3. The molecule has 0 spiro atoms. The molecule has 2 aromatic rings. The lowest BCUT2D eigenvalue weighted by Crippen LogP contribution is -2.53. The van der Waals surface area contributed by atoms with Gasteiger partial charge in [-0.1, -0.05) is 129 Å². The molecule has 326 valence electrons. The predicted octanol–water partition coefficient (Wildman–Crippen LogP) is 7.86. The van der Waals surface area contributed by atoms with E-state index in [4.69, 9.17) is 9.47 Å². The van der Waals surface area contributed by atoms with E-state index in [1.807, 2.05) is 43.0 Å². The van der Waals surface area contributed by atoms with Gasteiger partial charge in [0.1, 0.15) is 24.2 Å². The van der Waals surface area contributed by atoms with Crippen LogP contribution in [0.15, 0.2) is 48.5 Å². The quantitative estimate of drug-likeness (QED) is 0.107. The Morgan fingerprint density at radius 1 is 0.948 bits per heavy atom. The number of aldehydes is 1. The monoisotopic (exact) mass is 811 g/mol. The zero-order valence-electron chi connectivity index (χ0n) is 35.9. The minimum absolute atomic E-state index is 0.0350. The van der Waals surface area contributed by atoms with E-state index < -0.39 is 37.3 Å². The van der Waals surface area contributed by atoms with Crippen molar-refractivity contribution in [2.45, 2.75) is 168 Å². The maximum atomic E-state index is 13.0. The van der Waals surface area contributed by atoms with Crippen molar-refractivity contribution < 1.29 is 39.2 Å². The number of nitrogens with zero attached hydrogens (tertiary/aromatic N) is 2. The number of piperidine rings is 1. The molecule has 4 amide bonds. The molecular formula is C46H74N4O8. The van der Waals surface area contributed by atoms with Crippen LogP contribution in [-0.4, -0.2) is 106 Å². The van der Waals surface area contributed by atoms with E-state index in [-0.39, 0.29) is 30.9 Å². The number of aliphatic hydroxyl groups excluding tert-OH is 3. The summed E-state index contributed by atoms with van der Waals surface area (Å²) in [4.78, 5) is 41.2. The molecule has 5 N–H and O–H groups in total. The lowest BCUT2D eigenvalue weighted by atomic mass is 9.91. The second kappa shape index (κ2) is 27.1. The number of fused-ring (bicyclic) bond motifs is 1. The number of anilines is 1. The predicted molar refractivity (Wildman–Crippen MR) is 230 cm³/mol. The van der Waals surface area contributed by atoms with Crippen molar-refractivity contribution in [3.05, 3.63) is 59.7 Å². The number of carbonyl (C=O) groups is 3. The fourth-order valence-corrected chi connectivity index (χ4v) is 7.74. The number of benzene rings is 2. The van der Waals surface area contributed by atoms with Gasteiger partial charge in [0.2, 0.25) is 6.29 Å². The molecule has 0 bridgehead atoms. The van der Waals surface area contributed by atoms with E-state index in [0.717, 1.165) is 29.2 Å². The summed E-state index contributed by atoms with van der Waals surface area (Å²) in [5, 5.41) is 35.0. The molecule has 0 aromatic heterocycles. The van der Waals surface area contributed by atoms with Crippen molar-refractivity contribution in [2.75, 3.05) is 31.6 Å². The summed E-state index contributed by atoms with van der Waals surface area (Å²) >= 11 is 0. The number of hydrogen-bond acceptors (Lipinski definition) is 8. The van der Waals surface area contributed by atoms with Crippen molar-refractivity contribution in [3.63, 3.8) is 0 Å². The van der Waals surface area contributed by atoms with E-state index in [1.165, 1.54) is 64.2 Å². The van der Waals surface area contributed by atoms with Crippen LogP contribution >= 0.6 is 0 Å². The van der Waals surface area contributed by atoms with E-state index in [0.29, 0.717) is 44.5 Å². The van der Waals surface area contributed by atoms with Crippen LogP contribution in [0.2, 0.25) is 0 Å². The van der Waals surface area contributed by atoms with Crippen LogP contribution < -0.4 is 15.4 Å². The standard InChI is InChI=1S/C30H38N4O8.C7H14.C7H16.C2H6/c35-17-21(15-19-5-7-23(8-6-19)41-27-16-25(37)28(38)26(18-36)42-27)31-29(39)33-12-10-22(11-13-33)34-14-9-20-3-1-2-4-24(20)32-30(34)40;1-7-5-3-2-4-6-7;1-3-5-7-6-4-2;1-2/h1-8,17,21-22,25-28,36-38H,9-16,18H2,(H,31,39)(H,32,40);7H,2-6H2,1H3;3-7H2,1-2H3;1-2H3/t21-,25?,26?,27?,28?;;;/m1.../s1. The Labute approximate surface area is 348 Å². The van der Waals surface area contributed by atoms with Crippen LogP contribution in [0.4, 0.5) is 15.3 Å². The third kappa shape index (κ3) is 16.2. The molecule has 3 heterocycles. The average molecular weight is 811 g/mol. The number of aliphatic hydroxyl groups is 3. The summed E-state index contributed by atoms with van der Waals surface area (Å²) in [5.74, 6) is 1.49. The summed E-state index contributed by atoms with van der Waals surface area (Å²) in [5.41, 5.74) is 2.76. The van der Waals surface area contributed by atoms with Gasteiger partial charge in [-0.25, -0.2) is 9.59 Å². The maximum absolute atomic E-state index is 13.0. The third-order valence-corrected chi connectivity index (χ3v) is 11.3. The van der Waals surface area contributed by atoms with Crippen LogP contribution in [0.5, 0.6) is 5.75 Å². The minimum atomic E-state index is -1.18. The molecule has 5 atom stereocenters. The van der Waals surface area contributed by atoms with Gasteiger partial charge in [-0.3, -0.25) is 0 Å². The summed E-state index contributed by atoms with van der Waals surface area (Å²) in [7, 11) is 0. The molecule has 4 unspecified atom stereocenters. The number of rotatable bonds is 12. The number of nitrogens with one attached hydrogen (secondary N) is 2. The SMILES string of the molecule is CC.CC1CCCCC1.CCCCCCC.O=C[C@@H](Cc1ccc(OC2CC(O)C(O)C(CO)O2)cc1)NC(=O)N1CCC(N2CCc3ccccc3NC2=O)CC1. The van der Waals surface area contributed by atoms with E-state index >= 15 is 0 Å². The fraction of sp³-hybridized carbons (Fsp3) is 0.674. The molecule has 12 heteroatoms. The van der Waals surface area contributed by atoms with Gasteiger partial charge in [-0.2, -0.15) is 0 Å². The van der Waals surface area contributed by atoms with Crippen molar-refractivity contribution in [1.29, 1.82) is 0 Å². The number of carbonyl (C=O) groups excluding carboxylic acids is 3. The first-order valence-electron chi connectivity index (χ1n) is 22.2. The van der Waals surface area contributed by atoms with Gasteiger partial charge in [0.05, 0.1) is 18.8 Å². The number of unbranched alkanes of at least 4 members (excludes halogenated alkanes) is 4. The Bertz CT molecular complexity index is 1440. The van der Waals surface area contributed by atoms with Crippen LogP contribution in [0, 0.1) is 5.92 Å². The second-order valence-corrected chi connectivity index (χ2v) is 15.8. The molecule has 58 heavy (non-hydrogen) atoms. The van der Waals surface area contributed by atoms with Crippen LogP contribution in [0.25, 0.3) is 0 Å². The number of para-hydroxylation sites is 1. The molecule has 3 fully saturated rings. The van der Waals surface area contributed by atoms with Gasteiger partial charge in [0.25, 0.3) is 0 Å². The number of urea groups is 2. The highest BCUT2D eigenvalue weighted by atomic mass is 16.7. The highest BCUT2D eigenvalue weighted by Gasteiger charge is 2.37. The van der Waals surface area contributed by atoms with Crippen molar-refractivity contribution >= 4 is 24.0 Å².